The average molecular weight is 486 g/mol. The van der Waals surface area contributed by atoms with E-state index in [0.717, 1.165) is 11.3 Å². The molecule has 10 heteroatoms. The second-order valence-corrected chi connectivity index (χ2v) is 9.65. The number of H-pyrrole nitrogens is 1. The summed E-state index contributed by atoms with van der Waals surface area (Å²) < 4.78 is 7.61. The van der Waals surface area contributed by atoms with Crippen molar-refractivity contribution in [1.29, 1.82) is 0 Å². The Morgan fingerprint density at radius 2 is 2.15 bits per heavy atom. The fourth-order valence-corrected chi connectivity index (χ4v) is 4.49. The molecule has 5 rings (SSSR count). The van der Waals surface area contributed by atoms with Gasteiger partial charge in [-0.05, 0) is 44.0 Å². The first-order chi connectivity index (χ1) is 15.7. The van der Waals surface area contributed by atoms with E-state index < -0.39 is 5.60 Å². The maximum absolute atomic E-state index is 13.6. The van der Waals surface area contributed by atoms with E-state index in [1.165, 1.54) is 0 Å². The van der Waals surface area contributed by atoms with Crippen molar-refractivity contribution in [3.63, 3.8) is 0 Å². The minimum absolute atomic E-state index is 0.0715. The van der Waals surface area contributed by atoms with Gasteiger partial charge in [-0.1, -0.05) is 23.2 Å². The van der Waals surface area contributed by atoms with E-state index >= 15 is 0 Å². The van der Waals surface area contributed by atoms with Crippen LogP contribution in [0, 0.1) is 5.92 Å². The van der Waals surface area contributed by atoms with E-state index in [-0.39, 0.29) is 24.9 Å². The summed E-state index contributed by atoms with van der Waals surface area (Å²) in [5.41, 5.74) is 1.45. The lowest BCUT2D eigenvalue weighted by Crippen LogP contribution is -2.28. The van der Waals surface area contributed by atoms with Crippen LogP contribution in [0.5, 0.6) is 5.75 Å². The van der Waals surface area contributed by atoms with Crippen molar-refractivity contribution in [2.45, 2.75) is 32.4 Å². The number of ether oxygens (including phenoxy) is 1. The van der Waals surface area contributed by atoms with Gasteiger partial charge in [0, 0.05) is 28.4 Å². The highest BCUT2D eigenvalue weighted by molar-refractivity contribution is 6.32. The quantitative estimate of drug-likeness (QED) is 0.407. The van der Waals surface area contributed by atoms with Crippen LogP contribution in [0.2, 0.25) is 10.2 Å². The van der Waals surface area contributed by atoms with Gasteiger partial charge in [-0.3, -0.25) is 9.89 Å². The molecule has 0 fully saturated rings. The van der Waals surface area contributed by atoms with Crippen LogP contribution in [0.3, 0.4) is 0 Å². The number of carbonyl (C=O) groups is 1. The summed E-state index contributed by atoms with van der Waals surface area (Å²) >= 11 is 12.3. The van der Waals surface area contributed by atoms with Gasteiger partial charge in [-0.25, -0.2) is 9.97 Å². The Hall–Kier alpha value is -2.94. The number of nitrogens with zero attached hydrogens (tertiary/aromatic N) is 4. The number of Topliss-reactive ketones (excluding diaryl/α,β-unsaturated/α-hetero) is 1. The maximum atomic E-state index is 13.6. The van der Waals surface area contributed by atoms with Crippen molar-refractivity contribution in [2.75, 3.05) is 6.61 Å². The lowest BCUT2D eigenvalue weighted by molar-refractivity contribution is 0.0624. The molecule has 0 spiro atoms. The third-order valence-electron chi connectivity index (χ3n) is 5.57. The van der Waals surface area contributed by atoms with Crippen molar-refractivity contribution < 1.29 is 14.6 Å². The second-order valence-electron chi connectivity index (χ2n) is 8.84. The molecule has 0 saturated heterocycles. The summed E-state index contributed by atoms with van der Waals surface area (Å²) in [4.78, 5) is 22.7. The highest BCUT2D eigenvalue weighted by atomic mass is 35.5. The number of carbonyl (C=O) groups excluding carboxylic acids is 1. The summed E-state index contributed by atoms with van der Waals surface area (Å²) in [5, 5.41) is 18.5. The van der Waals surface area contributed by atoms with Gasteiger partial charge in [-0.15, -0.1) is 0 Å². The molecule has 1 atom stereocenters. The van der Waals surface area contributed by atoms with Gasteiger partial charge < -0.3 is 14.4 Å². The summed E-state index contributed by atoms with van der Waals surface area (Å²) in [5.74, 6) is 0.677. The highest BCUT2D eigenvalue weighted by Crippen LogP contribution is 2.33. The summed E-state index contributed by atoms with van der Waals surface area (Å²) in [6, 6.07) is 5.43. The van der Waals surface area contributed by atoms with Crippen molar-refractivity contribution >= 4 is 40.0 Å². The molecule has 1 aliphatic rings. The second kappa shape index (κ2) is 8.13. The van der Waals surface area contributed by atoms with Crippen LogP contribution in [-0.2, 0) is 13.0 Å². The number of aliphatic hydroxyl groups is 1. The van der Waals surface area contributed by atoms with Gasteiger partial charge in [0.1, 0.15) is 16.5 Å². The molecular formula is C23H21Cl2N5O3. The molecule has 0 bridgehead atoms. The minimum Gasteiger partial charge on any atom is -0.493 e. The lowest BCUT2D eigenvalue weighted by atomic mass is 9.90. The van der Waals surface area contributed by atoms with Crippen molar-refractivity contribution in [2.24, 2.45) is 5.92 Å². The Labute approximate surface area is 199 Å². The number of fused-ring (bicyclic) bond motifs is 2. The molecule has 1 unspecified atom stereocenters. The number of ketones is 1. The Bertz CT molecular complexity index is 1370. The summed E-state index contributed by atoms with van der Waals surface area (Å²) in [7, 11) is 0. The number of benzene rings is 1. The molecular weight excluding hydrogens is 465 g/mol. The van der Waals surface area contributed by atoms with Crippen LogP contribution in [0.25, 0.3) is 22.4 Å². The molecule has 0 saturated carbocycles. The molecule has 0 aliphatic carbocycles. The molecule has 8 nitrogen and oxygen atoms in total. The predicted octanol–water partition coefficient (Wildman–Crippen LogP) is 4.33. The van der Waals surface area contributed by atoms with Crippen LogP contribution in [-0.4, -0.2) is 47.8 Å². The Kier molecular flexibility index (Phi) is 5.39. The molecule has 1 aliphatic heterocycles. The molecule has 2 N–H and O–H groups in total. The van der Waals surface area contributed by atoms with Crippen LogP contribution in [0.4, 0.5) is 0 Å². The van der Waals surface area contributed by atoms with E-state index in [4.69, 9.17) is 27.9 Å². The van der Waals surface area contributed by atoms with Crippen LogP contribution in [0.15, 0.2) is 36.8 Å². The monoisotopic (exact) mass is 485 g/mol. The molecule has 0 radical (unpaired) electrons. The number of hydrogen-bond acceptors (Lipinski definition) is 6. The smallest absolute Gasteiger partial charge is 0.171 e. The van der Waals surface area contributed by atoms with E-state index in [9.17, 15) is 9.90 Å². The van der Waals surface area contributed by atoms with E-state index in [1.54, 1.807) is 43.1 Å². The van der Waals surface area contributed by atoms with Crippen molar-refractivity contribution in [3.8, 4) is 17.1 Å². The fraction of sp³-hybridized carbons (Fsp3) is 0.304. The molecule has 1 aromatic carbocycles. The van der Waals surface area contributed by atoms with Crippen LogP contribution >= 0.6 is 23.2 Å². The summed E-state index contributed by atoms with van der Waals surface area (Å²) in [6.45, 7) is 3.91. The zero-order chi connectivity index (χ0) is 23.3. The van der Waals surface area contributed by atoms with Crippen LogP contribution in [0.1, 0.15) is 29.8 Å². The number of aromatic amines is 1. The predicted molar refractivity (Wildman–Crippen MR) is 125 cm³/mol. The standard InChI is InChI=1S/C23H21Cl2N5O3/c1-23(2,32)11-30-9-17(15-7-26-21(28-22(15)30)16-8-27-29-20(16)25)19(31)13-5-12-6-14(24)3-4-18(12)33-10-13/h3-4,6-9,13,32H,5,10-11H2,1-2H3,(H,27,29). The van der Waals surface area contributed by atoms with Gasteiger partial charge in [0.2, 0.25) is 0 Å². The van der Waals surface area contributed by atoms with Crippen LogP contribution < -0.4 is 4.74 Å². The minimum atomic E-state index is -1.02. The lowest BCUT2D eigenvalue weighted by Gasteiger charge is -2.24. The third-order valence-corrected chi connectivity index (χ3v) is 6.10. The van der Waals surface area contributed by atoms with E-state index in [1.807, 2.05) is 12.1 Å². The average Bonchev–Trinajstić information content (AvgIpc) is 3.34. The normalized spacial score (nSPS) is 16.0. The number of halogens is 2. The Balaban J connectivity index is 1.56. The summed E-state index contributed by atoms with van der Waals surface area (Å²) in [6.07, 6.45) is 5.41. The zero-order valence-electron chi connectivity index (χ0n) is 18.0. The first-order valence-corrected chi connectivity index (χ1v) is 11.2. The maximum Gasteiger partial charge on any atom is 0.171 e. The van der Waals surface area contributed by atoms with E-state index in [0.29, 0.717) is 44.6 Å². The molecule has 0 amide bonds. The largest absolute Gasteiger partial charge is 0.493 e. The number of aromatic nitrogens is 5. The zero-order valence-corrected chi connectivity index (χ0v) is 19.5. The topological polar surface area (TPSA) is 106 Å². The molecule has 33 heavy (non-hydrogen) atoms. The highest BCUT2D eigenvalue weighted by Gasteiger charge is 2.30. The van der Waals surface area contributed by atoms with E-state index in [2.05, 4.69) is 20.2 Å². The number of rotatable bonds is 5. The molecule has 170 valence electrons. The van der Waals surface area contributed by atoms with Gasteiger partial charge in [0.25, 0.3) is 0 Å². The Morgan fingerprint density at radius 3 is 2.88 bits per heavy atom. The van der Waals surface area contributed by atoms with Gasteiger partial charge in [0.15, 0.2) is 11.6 Å². The van der Waals surface area contributed by atoms with Crippen molar-refractivity contribution in [1.82, 2.24) is 24.7 Å². The SMILES string of the molecule is CC(C)(O)Cn1cc(C(=O)C2COc3ccc(Cl)cc3C2)c2cnc(-c3cn[nH]c3Cl)nc21. The first-order valence-electron chi connectivity index (χ1n) is 10.4. The van der Waals surface area contributed by atoms with Gasteiger partial charge >= 0.3 is 0 Å². The third kappa shape index (κ3) is 4.21. The first kappa shape index (κ1) is 21.9. The molecule has 4 aromatic rings. The fourth-order valence-electron chi connectivity index (χ4n) is 4.11. The Morgan fingerprint density at radius 1 is 1.33 bits per heavy atom. The van der Waals surface area contributed by atoms with Gasteiger partial charge in [-0.2, -0.15) is 5.10 Å². The molecule has 3 aromatic heterocycles. The molecule has 4 heterocycles. The number of hydrogen-bond donors (Lipinski definition) is 2. The number of nitrogens with one attached hydrogen (secondary N) is 1. The van der Waals surface area contributed by atoms with Crippen molar-refractivity contribution in [3.05, 3.63) is 58.1 Å². The van der Waals surface area contributed by atoms with Gasteiger partial charge in [0.05, 0.1) is 36.4 Å².